The van der Waals surface area contributed by atoms with E-state index in [-0.39, 0.29) is 18.4 Å². The minimum absolute atomic E-state index is 0.132. The first kappa shape index (κ1) is 16.0. The molecule has 1 saturated carbocycles. The molecule has 0 amide bonds. The third-order valence-electron chi connectivity index (χ3n) is 4.52. The summed E-state index contributed by atoms with van der Waals surface area (Å²) in [5, 5.41) is 9.01. The van der Waals surface area contributed by atoms with Crippen molar-refractivity contribution in [2.75, 3.05) is 13.7 Å². The van der Waals surface area contributed by atoms with Gasteiger partial charge in [-0.3, -0.25) is 0 Å². The predicted octanol–water partition coefficient (Wildman–Crippen LogP) is 2.55. The summed E-state index contributed by atoms with van der Waals surface area (Å²) >= 11 is 0. The molecule has 5 heteroatoms. The van der Waals surface area contributed by atoms with Gasteiger partial charge in [0, 0.05) is 18.4 Å². The Hall–Kier alpha value is -1.85. The predicted molar refractivity (Wildman–Crippen MR) is 88.5 cm³/mol. The highest BCUT2D eigenvalue weighted by molar-refractivity contribution is 7.92. The molecule has 0 heterocycles. The van der Waals surface area contributed by atoms with Gasteiger partial charge < -0.3 is 9.84 Å². The van der Waals surface area contributed by atoms with E-state index < -0.39 is 15.1 Å². The summed E-state index contributed by atoms with van der Waals surface area (Å²) in [5.41, 5.74) is 1.94. The number of aliphatic hydroxyl groups excluding tert-OH is 1. The van der Waals surface area contributed by atoms with Gasteiger partial charge in [-0.25, -0.2) is 8.42 Å². The average Bonchev–Trinajstić information content (AvgIpc) is 3.31. The number of rotatable bonds is 5. The van der Waals surface area contributed by atoms with Crippen LogP contribution in [-0.4, -0.2) is 32.5 Å². The molecule has 3 rings (SSSR count). The molecule has 122 valence electrons. The van der Waals surface area contributed by atoms with E-state index in [9.17, 15) is 13.5 Å². The molecule has 3 atom stereocenters. The molecule has 2 aromatic rings. The first-order chi connectivity index (χ1) is 11.0. The number of benzene rings is 2. The maximum Gasteiger partial charge on any atom is 0.182 e. The summed E-state index contributed by atoms with van der Waals surface area (Å²) in [4.78, 5) is 0.322. The Morgan fingerprint density at radius 3 is 2.17 bits per heavy atom. The van der Waals surface area contributed by atoms with Crippen molar-refractivity contribution in [1.82, 2.24) is 0 Å². The standard InChI is InChI=1S/C18H20O4S/c1-12-3-9-15(10-4-12)23(20,21)18-16(11-19)17(18)13-5-7-14(22-2)8-6-13/h3-10,16-19H,11H2,1-2H3/t16-,17-,18-/m1/s1. The van der Waals surface area contributed by atoms with E-state index in [4.69, 9.17) is 4.74 Å². The van der Waals surface area contributed by atoms with Crippen LogP contribution in [0.4, 0.5) is 0 Å². The fraction of sp³-hybridized carbons (Fsp3) is 0.333. The fourth-order valence-corrected chi connectivity index (χ4v) is 5.33. The van der Waals surface area contributed by atoms with Crippen molar-refractivity contribution >= 4 is 9.84 Å². The second kappa shape index (κ2) is 5.98. The second-order valence-corrected chi connectivity index (χ2v) is 8.07. The molecule has 4 nitrogen and oxygen atoms in total. The molecule has 0 aliphatic heterocycles. The lowest BCUT2D eigenvalue weighted by molar-refractivity contribution is 0.274. The fourth-order valence-electron chi connectivity index (χ4n) is 3.13. The van der Waals surface area contributed by atoms with Gasteiger partial charge in [0.2, 0.25) is 0 Å². The summed E-state index contributed by atoms with van der Waals surface area (Å²) in [5.74, 6) is 0.305. The lowest BCUT2D eigenvalue weighted by Crippen LogP contribution is -2.11. The number of hydrogen-bond donors (Lipinski definition) is 1. The van der Waals surface area contributed by atoms with Crippen LogP contribution in [0.5, 0.6) is 5.75 Å². The lowest BCUT2D eigenvalue weighted by atomic mass is 10.1. The first-order valence-electron chi connectivity index (χ1n) is 7.54. The minimum atomic E-state index is -3.45. The molecular formula is C18H20O4S. The first-order valence-corrected chi connectivity index (χ1v) is 9.09. The van der Waals surface area contributed by atoms with Gasteiger partial charge in [-0.2, -0.15) is 0 Å². The molecule has 1 aliphatic carbocycles. The SMILES string of the molecule is COc1ccc([C@@H]2[C@@H](CO)[C@H]2S(=O)(=O)c2ccc(C)cc2)cc1. The molecule has 1 N–H and O–H groups in total. The van der Waals surface area contributed by atoms with E-state index in [1.165, 1.54) is 0 Å². The molecular weight excluding hydrogens is 312 g/mol. The number of sulfone groups is 1. The molecule has 0 bridgehead atoms. The Kier molecular flexibility index (Phi) is 4.17. The van der Waals surface area contributed by atoms with Crippen molar-refractivity contribution in [3.05, 3.63) is 59.7 Å². The summed E-state index contributed by atoms with van der Waals surface area (Å²) in [6.07, 6.45) is 0. The van der Waals surface area contributed by atoms with Crippen molar-refractivity contribution in [2.45, 2.75) is 23.0 Å². The number of hydrogen-bond acceptors (Lipinski definition) is 4. The Balaban J connectivity index is 1.90. The third-order valence-corrected chi connectivity index (χ3v) is 6.80. The van der Waals surface area contributed by atoms with Gasteiger partial charge in [0.1, 0.15) is 5.75 Å². The van der Waals surface area contributed by atoms with E-state index in [0.29, 0.717) is 4.90 Å². The summed E-state index contributed by atoms with van der Waals surface area (Å²) < 4.78 is 30.8. The number of aliphatic hydroxyl groups is 1. The number of ether oxygens (including phenoxy) is 1. The zero-order chi connectivity index (χ0) is 16.6. The molecule has 1 fully saturated rings. The van der Waals surface area contributed by atoms with Crippen LogP contribution in [0.1, 0.15) is 17.0 Å². The number of methoxy groups -OCH3 is 1. The van der Waals surface area contributed by atoms with Crippen molar-refractivity contribution in [2.24, 2.45) is 5.92 Å². The smallest absolute Gasteiger partial charge is 0.182 e. The van der Waals surface area contributed by atoms with Gasteiger partial charge in [0.25, 0.3) is 0 Å². The zero-order valence-corrected chi connectivity index (χ0v) is 14.0. The summed E-state index contributed by atoms with van der Waals surface area (Å²) in [6.45, 7) is 1.79. The van der Waals surface area contributed by atoms with Crippen LogP contribution in [0.3, 0.4) is 0 Å². The molecule has 23 heavy (non-hydrogen) atoms. The monoisotopic (exact) mass is 332 g/mol. The summed E-state index contributed by atoms with van der Waals surface area (Å²) in [6, 6.07) is 14.3. The van der Waals surface area contributed by atoms with E-state index in [1.54, 1.807) is 31.4 Å². The molecule has 0 spiro atoms. The van der Waals surface area contributed by atoms with Gasteiger partial charge in [0.15, 0.2) is 9.84 Å². The molecule has 2 aromatic carbocycles. The third kappa shape index (κ3) is 2.86. The van der Waals surface area contributed by atoms with Crippen LogP contribution in [0.25, 0.3) is 0 Å². The van der Waals surface area contributed by atoms with Crippen LogP contribution in [-0.2, 0) is 9.84 Å². The maximum absolute atomic E-state index is 12.8. The van der Waals surface area contributed by atoms with Crippen molar-refractivity contribution in [1.29, 1.82) is 0 Å². The highest BCUT2D eigenvalue weighted by Gasteiger charge is 2.58. The van der Waals surface area contributed by atoms with Gasteiger partial charge >= 0.3 is 0 Å². The van der Waals surface area contributed by atoms with E-state index in [2.05, 4.69) is 0 Å². The van der Waals surface area contributed by atoms with Crippen LogP contribution in [0, 0.1) is 12.8 Å². The van der Waals surface area contributed by atoms with Crippen molar-refractivity contribution < 1.29 is 18.3 Å². The molecule has 0 unspecified atom stereocenters. The Morgan fingerprint density at radius 1 is 1.04 bits per heavy atom. The molecule has 0 saturated heterocycles. The van der Waals surface area contributed by atoms with E-state index in [1.807, 2.05) is 31.2 Å². The summed E-state index contributed by atoms with van der Waals surface area (Å²) in [7, 11) is -1.86. The maximum atomic E-state index is 12.8. The van der Waals surface area contributed by atoms with Crippen molar-refractivity contribution in [3.63, 3.8) is 0 Å². The van der Waals surface area contributed by atoms with Crippen LogP contribution >= 0.6 is 0 Å². The highest BCUT2D eigenvalue weighted by Crippen LogP contribution is 2.53. The van der Waals surface area contributed by atoms with Crippen LogP contribution < -0.4 is 4.74 Å². The Bertz CT molecular complexity index is 779. The quantitative estimate of drug-likeness (QED) is 0.914. The van der Waals surface area contributed by atoms with Crippen LogP contribution in [0.2, 0.25) is 0 Å². The van der Waals surface area contributed by atoms with Crippen molar-refractivity contribution in [3.8, 4) is 5.75 Å². The van der Waals surface area contributed by atoms with Gasteiger partial charge in [0.05, 0.1) is 17.3 Å². The minimum Gasteiger partial charge on any atom is -0.497 e. The topological polar surface area (TPSA) is 63.6 Å². The van der Waals surface area contributed by atoms with Gasteiger partial charge in [-0.15, -0.1) is 0 Å². The Labute approximate surface area is 136 Å². The van der Waals surface area contributed by atoms with E-state index >= 15 is 0 Å². The van der Waals surface area contributed by atoms with Gasteiger partial charge in [-0.05, 0) is 36.8 Å². The molecule has 0 aromatic heterocycles. The highest BCUT2D eigenvalue weighted by atomic mass is 32.2. The van der Waals surface area contributed by atoms with Crippen LogP contribution in [0.15, 0.2) is 53.4 Å². The normalized spacial score (nSPS) is 23.5. The lowest BCUT2D eigenvalue weighted by Gasteiger charge is -2.05. The average molecular weight is 332 g/mol. The zero-order valence-electron chi connectivity index (χ0n) is 13.1. The Morgan fingerprint density at radius 2 is 1.65 bits per heavy atom. The molecule has 0 radical (unpaired) electrons. The largest absolute Gasteiger partial charge is 0.497 e. The second-order valence-electron chi connectivity index (χ2n) is 5.97. The van der Waals surface area contributed by atoms with Gasteiger partial charge in [-0.1, -0.05) is 29.8 Å². The molecule has 1 aliphatic rings. The number of aryl methyl sites for hydroxylation is 1. The van der Waals surface area contributed by atoms with E-state index in [0.717, 1.165) is 16.9 Å².